The highest BCUT2D eigenvalue weighted by Crippen LogP contribution is 2.21. The molecule has 1 aromatic heterocycles. The highest BCUT2D eigenvalue weighted by Gasteiger charge is 2.17. The summed E-state index contributed by atoms with van der Waals surface area (Å²) < 4.78 is 0. The van der Waals surface area contributed by atoms with Crippen LogP contribution in [0.1, 0.15) is 24.2 Å². The molecule has 1 aromatic carbocycles. The molecular weight excluding hydrogens is 323 g/mol. The quantitative estimate of drug-likeness (QED) is 0.924. The van der Waals surface area contributed by atoms with Gasteiger partial charge in [0, 0.05) is 12.1 Å². The van der Waals surface area contributed by atoms with E-state index in [1.54, 1.807) is 18.0 Å². The molecule has 0 radical (unpaired) electrons. The summed E-state index contributed by atoms with van der Waals surface area (Å²) in [5.74, 6) is 0. The fraction of sp³-hybridized carbons (Fsp3) is 0.267. The predicted molar refractivity (Wildman–Crippen MR) is 86.9 cm³/mol. The molecule has 22 heavy (non-hydrogen) atoms. The first-order valence-electron chi connectivity index (χ1n) is 6.70. The number of nitrogens with zero attached hydrogens (tertiary/aromatic N) is 3. The lowest BCUT2D eigenvalue weighted by atomic mass is 10.1. The van der Waals surface area contributed by atoms with Crippen molar-refractivity contribution in [2.75, 3.05) is 7.05 Å². The van der Waals surface area contributed by atoms with E-state index >= 15 is 0 Å². The van der Waals surface area contributed by atoms with Gasteiger partial charge < -0.3 is 10.2 Å². The van der Waals surface area contributed by atoms with Crippen LogP contribution in [0.5, 0.6) is 0 Å². The second kappa shape index (κ2) is 7.42. The number of rotatable bonds is 4. The Kier molecular flexibility index (Phi) is 5.57. The van der Waals surface area contributed by atoms with Crippen LogP contribution in [-0.4, -0.2) is 27.9 Å². The standard InChI is InChI=1S/C15H16Cl2N4O/c1-10(11-4-3-5-12(16)6-11)21(2)15(22)20-8-13-7-19-14(17)9-18-13/h3-7,9-10H,8H2,1-2H3,(H,20,22). The first-order chi connectivity index (χ1) is 10.5. The van der Waals surface area contributed by atoms with Gasteiger partial charge in [-0.25, -0.2) is 9.78 Å². The third-order valence-corrected chi connectivity index (χ3v) is 3.76. The topological polar surface area (TPSA) is 58.1 Å². The second-order valence-electron chi connectivity index (χ2n) is 4.83. The summed E-state index contributed by atoms with van der Waals surface area (Å²) in [6.45, 7) is 2.23. The molecule has 0 aliphatic carbocycles. The van der Waals surface area contributed by atoms with Gasteiger partial charge in [0.25, 0.3) is 0 Å². The number of carbonyl (C=O) groups is 1. The molecule has 0 spiro atoms. The normalized spacial score (nSPS) is 11.8. The minimum Gasteiger partial charge on any atom is -0.332 e. The van der Waals surface area contributed by atoms with Crippen molar-refractivity contribution in [3.8, 4) is 0 Å². The molecule has 2 aromatic rings. The number of nitrogens with one attached hydrogen (secondary N) is 1. The van der Waals surface area contributed by atoms with Crippen LogP contribution in [0.15, 0.2) is 36.7 Å². The Morgan fingerprint density at radius 3 is 2.73 bits per heavy atom. The highest BCUT2D eigenvalue weighted by atomic mass is 35.5. The van der Waals surface area contributed by atoms with Gasteiger partial charge in [-0.2, -0.15) is 0 Å². The predicted octanol–water partition coefficient (Wildman–Crippen LogP) is 3.69. The Bertz CT molecular complexity index is 648. The Labute approximate surface area is 139 Å². The molecule has 116 valence electrons. The molecule has 0 aliphatic rings. The van der Waals surface area contributed by atoms with Crippen molar-refractivity contribution in [1.29, 1.82) is 0 Å². The lowest BCUT2D eigenvalue weighted by molar-refractivity contribution is 0.194. The fourth-order valence-corrected chi connectivity index (χ4v) is 2.18. The number of amides is 2. The molecule has 0 saturated carbocycles. The molecule has 1 unspecified atom stereocenters. The average Bonchev–Trinajstić information content (AvgIpc) is 2.52. The van der Waals surface area contributed by atoms with Crippen molar-refractivity contribution in [2.24, 2.45) is 0 Å². The minimum absolute atomic E-state index is 0.102. The van der Waals surface area contributed by atoms with Crippen molar-refractivity contribution >= 4 is 29.2 Å². The third-order valence-electron chi connectivity index (χ3n) is 3.33. The van der Waals surface area contributed by atoms with E-state index in [1.807, 2.05) is 25.1 Å². The number of hydrogen-bond acceptors (Lipinski definition) is 3. The van der Waals surface area contributed by atoms with Gasteiger partial charge in [0.2, 0.25) is 0 Å². The Morgan fingerprint density at radius 2 is 2.09 bits per heavy atom. The van der Waals surface area contributed by atoms with Gasteiger partial charge in [-0.15, -0.1) is 0 Å². The average molecular weight is 339 g/mol. The molecule has 7 heteroatoms. The van der Waals surface area contributed by atoms with E-state index in [1.165, 1.54) is 12.4 Å². The van der Waals surface area contributed by atoms with Crippen molar-refractivity contribution in [1.82, 2.24) is 20.2 Å². The van der Waals surface area contributed by atoms with Crippen molar-refractivity contribution in [3.63, 3.8) is 0 Å². The maximum absolute atomic E-state index is 12.2. The Hall–Kier alpha value is -1.85. The molecule has 0 aliphatic heterocycles. The summed E-state index contributed by atoms with van der Waals surface area (Å²) in [7, 11) is 1.73. The van der Waals surface area contributed by atoms with Crippen LogP contribution < -0.4 is 5.32 Å². The van der Waals surface area contributed by atoms with Gasteiger partial charge in [-0.1, -0.05) is 35.3 Å². The van der Waals surface area contributed by atoms with Crippen LogP contribution in [0.2, 0.25) is 10.2 Å². The summed E-state index contributed by atoms with van der Waals surface area (Å²) in [4.78, 5) is 21.8. The lowest BCUT2D eigenvalue weighted by Crippen LogP contribution is -2.38. The van der Waals surface area contributed by atoms with Crippen LogP contribution in [0, 0.1) is 0 Å². The zero-order valence-electron chi connectivity index (χ0n) is 12.3. The van der Waals surface area contributed by atoms with Gasteiger partial charge in [-0.3, -0.25) is 4.98 Å². The molecule has 5 nitrogen and oxygen atoms in total. The van der Waals surface area contributed by atoms with E-state index in [4.69, 9.17) is 23.2 Å². The van der Waals surface area contributed by atoms with Gasteiger partial charge in [0.1, 0.15) is 5.15 Å². The van der Waals surface area contributed by atoms with E-state index < -0.39 is 0 Å². The number of benzene rings is 1. The number of urea groups is 1. The van der Waals surface area contributed by atoms with E-state index in [0.717, 1.165) is 5.56 Å². The molecule has 2 amide bonds. The summed E-state index contributed by atoms with van der Waals surface area (Å²) in [5.41, 5.74) is 1.61. The maximum Gasteiger partial charge on any atom is 0.317 e. The summed E-state index contributed by atoms with van der Waals surface area (Å²) in [5, 5.41) is 3.76. The van der Waals surface area contributed by atoms with Crippen LogP contribution in [0.25, 0.3) is 0 Å². The number of halogens is 2. The third kappa shape index (κ3) is 4.32. The maximum atomic E-state index is 12.2. The van der Waals surface area contributed by atoms with Crippen LogP contribution in [-0.2, 0) is 6.54 Å². The first-order valence-corrected chi connectivity index (χ1v) is 7.45. The molecule has 1 heterocycles. The molecule has 1 N–H and O–H groups in total. The van der Waals surface area contributed by atoms with Gasteiger partial charge >= 0.3 is 6.03 Å². The van der Waals surface area contributed by atoms with Crippen LogP contribution in [0.4, 0.5) is 4.79 Å². The van der Waals surface area contributed by atoms with Crippen molar-refractivity contribution in [3.05, 3.63) is 58.1 Å². The van der Waals surface area contributed by atoms with E-state index in [2.05, 4.69) is 15.3 Å². The SMILES string of the molecule is CC(c1cccc(Cl)c1)N(C)C(=O)NCc1cnc(Cl)cn1. The van der Waals surface area contributed by atoms with Crippen LogP contribution in [0.3, 0.4) is 0 Å². The minimum atomic E-state index is -0.204. The zero-order chi connectivity index (χ0) is 16.1. The Morgan fingerprint density at radius 1 is 1.32 bits per heavy atom. The molecule has 1 atom stereocenters. The fourth-order valence-electron chi connectivity index (χ4n) is 1.89. The van der Waals surface area contributed by atoms with Crippen molar-refractivity contribution in [2.45, 2.75) is 19.5 Å². The summed E-state index contributed by atoms with van der Waals surface area (Å²) in [6, 6.07) is 7.14. The zero-order valence-corrected chi connectivity index (χ0v) is 13.8. The number of hydrogen-bond donors (Lipinski definition) is 1. The monoisotopic (exact) mass is 338 g/mol. The number of carbonyl (C=O) groups excluding carboxylic acids is 1. The lowest BCUT2D eigenvalue weighted by Gasteiger charge is -2.25. The molecule has 2 rings (SSSR count). The number of aromatic nitrogens is 2. The second-order valence-corrected chi connectivity index (χ2v) is 5.65. The smallest absolute Gasteiger partial charge is 0.317 e. The van der Waals surface area contributed by atoms with E-state index in [9.17, 15) is 4.79 Å². The molecule has 0 bridgehead atoms. The van der Waals surface area contributed by atoms with Gasteiger partial charge in [0.15, 0.2) is 0 Å². The first kappa shape index (κ1) is 16.5. The molecule has 0 saturated heterocycles. The van der Waals surface area contributed by atoms with Crippen LogP contribution >= 0.6 is 23.2 Å². The van der Waals surface area contributed by atoms with E-state index in [-0.39, 0.29) is 18.6 Å². The van der Waals surface area contributed by atoms with Crippen molar-refractivity contribution < 1.29 is 4.79 Å². The molecule has 0 fully saturated rings. The summed E-state index contributed by atoms with van der Waals surface area (Å²) >= 11 is 11.6. The van der Waals surface area contributed by atoms with Gasteiger partial charge in [0.05, 0.1) is 30.7 Å². The van der Waals surface area contributed by atoms with Gasteiger partial charge in [-0.05, 0) is 24.6 Å². The highest BCUT2D eigenvalue weighted by molar-refractivity contribution is 6.30. The van der Waals surface area contributed by atoms with E-state index in [0.29, 0.717) is 15.9 Å². The largest absolute Gasteiger partial charge is 0.332 e. The summed E-state index contributed by atoms with van der Waals surface area (Å²) in [6.07, 6.45) is 2.98. The molecular formula is C15H16Cl2N4O. The Balaban J connectivity index is 1.95.